The summed E-state index contributed by atoms with van der Waals surface area (Å²) < 4.78 is 14.2. The van der Waals surface area contributed by atoms with E-state index in [2.05, 4.69) is 9.97 Å². The first-order valence-corrected chi connectivity index (χ1v) is 6.38. The van der Waals surface area contributed by atoms with Gasteiger partial charge in [-0.05, 0) is 37.5 Å². The lowest BCUT2D eigenvalue weighted by atomic mass is 9.97. The molecule has 100 valence electrons. The number of halogens is 1. The average molecular weight is 260 g/mol. The van der Waals surface area contributed by atoms with Crippen LogP contribution in [0, 0.1) is 19.7 Å². The van der Waals surface area contributed by atoms with Crippen LogP contribution in [0.15, 0.2) is 23.3 Å². The van der Waals surface area contributed by atoms with E-state index >= 15 is 0 Å². The van der Waals surface area contributed by atoms with Gasteiger partial charge in [-0.15, -0.1) is 0 Å². The lowest BCUT2D eigenvalue weighted by Crippen LogP contribution is -2.15. The van der Waals surface area contributed by atoms with Gasteiger partial charge in [0.15, 0.2) is 0 Å². The van der Waals surface area contributed by atoms with Crippen LogP contribution in [0.5, 0.6) is 0 Å². The SMILES string of the molecule is CCCc1c(-c2c(C)cc(C)cc2F)nc[nH]c1=O. The molecular formula is C15H17FN2O. The van der Waals surface area contributed by atoms with Gasteiger partial charge in [0.25, 0.3) is 5.56 Å². The third-order valence-corrected chi connectivity index (χ3v) is 3.12. The van der Waals surface area contributed by atoms with E-state index in [1.807, 2.05) is 26.8 Å². The second-order valence-electron chi connectivity index (χ2n) is 4.75. The summed E-state index contributed by atoms with van der Waals surface area (Å²) in [5.41, 5.74) is 2.91. The lowest BCUT2D eigenvalue weighted by Gasteiger charge is -2.11. The highest BCUT2D eigenvalue weighted by Crippen LogP contribution is 2.27. The van der Waals surface area contributed by atoms with E-state index in [-0.39, 0.29) is 11.4 Å². The fraction of sp³-hybridized carbons (Fsp3) is 0.333. The second kappa shape index (κ2) is 5.34. The zero-order valence-electron chi connectivity index (χ0n) is 11.4. The zero-order chi connectivity index (χ0) is 14.0. The minimum atomic E-state index is -0.326. The van der Waals surface area contributed by atoms with Crippen molar-refractivity contribution in [2.24, 2.45) is 0 Å². The van der Waals surface area contributed by atoms with Crippen LogP contribution < -0.4 is 5.56 Å². The van der Waals surface area contributed by atoms with Crippen molar-refractivity contribution >= 4 is 0 Å². The summed E-state index contributed by atoms with van der Waals surface area (Å²) in [6.45, 7) is 5.66. The molecule has 1 aromatic heterocycles. The Hall–Kier alpha value is -1.97. The van der Waals surface area contributed by atoms with Crippen LogP contribution in [-0.4, -0.2) is 9.97 Å². The molecule has 0 spiro atoms. The number of rotatable bonds is 3. The van der Waals surface area contributed by atoms with Gasteiger partial charge in [0.2, 0.25) is 0 Å². The normalized spacial score (nSPS) is 10.7. The number of hydrogen-bond acceptors (Lipinski definition) is 2. The number of aromatic nitrogens is 2. The monoisotopic (exact) mass is 260 g/mol. The smallest absolute Gasteiger partial charge is 0.254 e. The summed E-state index contributed by atoms with van der Waals surface area (Å²) in [5.74, 6) is -0.326. The van der Waals surface area contributed by atoms with E-state index in [0.717, 1.165) is 17.5 Å². The minimum absolute atomic E-state index is 0.189. The molecule has 2 rings (SSSR count). The van der Waals surface area contributed by atoms with Crippen molar-refractivity contribution in [3.8, 4) is 11.3 Å². The van der Waals surface area contributed by atoms with E-state index in [9.17, 15) is 9.18 Å². The number of nitrogens with one attached hydrogen (secondary N) is 1. The highest BCUT2D eigenvalue weighted by molar-refractivity contribution is 5.67. The summed E-state index contributed by atoms with van der Waals surface area (Å²) in [5, 5.41) is 0. The number of aryl methyl sites for hydroxylation is 2. The van der Waals surface area contributed by atoms with Crippen molar-refractivity contribution in [3.63, 3.8) is 0 Å². The van der Waals surface area contributed by atoms with E-state index in [4.69, 9.17) is 0 Å². The van der Waals surface area contributed by atoms with Crippen molar-refractivity contribution in [1.82, 2.24) is 9.97 Å². The van der Waals surface area contributed by atoms with Crippen LogP contribution in [0.25, 0.3) is 11.3 Å². The first kappa shape index (κ1) is 13.5. The van der Waals surface area contributed by atoms with Crippen molar-refractivity contribution in [3.05, 3.63) is 51.3 Å². The summed E-state index contributed by atoms with van der Waals surface area (Å²) in [6.07, 6.45) is 2.73. The maximum atomic E-state index is 14.2. The molecule has 0 aliphatic heterocycles. The quantitative estimate of drug-likeness (QED) is 0.921. The molecular weight excluding hydrogens is 243 g/mol. The molecule has 4 heteroatoms. The number of nitrogens with zero attached hydrogens (tertiary/aromatic N) is 1. The highest BCUT2D eigenvalue weighted by atomic mass is 19.1. The molecule has 2 aromatic rings. The molecule has 3 nitrogen and oxygen atoms in total. The molecule has 1 aromatic carbocycles. The molecule has 0 atom stereocenters. The standard InChI is InChI=1S/C15H17FN2O/c1-4-5-11-14(17-8-18-15(11)19)13-10(3)6-9(2)7-12(13)16/h6-8H,4-5H2,1-3H3,(H,17,18,19). The number of benzene rings is 1. The first-order valence-electron chi connectivity index (χ1n) is 6.38. The predicted octanol–water partition coefficient (Wildman–Crippen LogP) is 3.15. The Kier molecular flexibility index (Phi) is 3.79. The molecule has 19 heavy (non-hydrogen) atoms. The molecule has 0 aliphatic carbocycles. The summed E-state index contributed by atoms with van der Waals surface area (Å²) >= 11 is 0. The Morgan fingerprint density at radius 3 is 2.68 bits per heavy atom. The maximum Gasteiger partial charge on any atom is 0.254 e. The van der Waals surface area contributed by atoms with Gasteiger partial charge in [-0.2, -0.15) is 0 Å². The van der Waals surface area contributed by atoms with Crippen molar-refractivity contribution < 1.29 is 4.39 Å². The number of aromatic amines is 1. The number of hydrogen-bond donors (Lipinski definition) is 1. The minimum Gasteiger partial charge on any atom is -0.313 e. The Morgan fingerprint density at radius 2 is 2.05 bits per heavy atom. The van der Waals surface area contributed by atoms with Gasteiger partial charge in [-0.3, -0.25) is 4.79 Å². The van der Waals surface area contributed by atoms with Gasteiger partial charge < -0.3 is 4.98 Å². The zero-order valence-corrected chi connectivity index (χ0v) is 11.4. The van der Waals surface area contributed by atoms with Gasteiger partial charge in [-0.1, -0.05) is 19.4 Å². The van der Waals surface area contributed by atoms with Crippen LogP contribution in [0.1, 0.15) is 30.0 Å². The number of H-pyrrole nitrogens is 1. The van der Waals surface area contributed by atoms with Gasteiger partial charge in [-0.25, -0.2) is 9.37 Å². The Balaban J connectivity index is 2.72. The second-order valence-corrected chi connectivity index (χ2v) is 4.75. The van der Waals surface area contributed by atoms with Crippen molar-refractivity contribution in [1.29, 1.82) is 0 Å². The summed E-state index contributed by atoms with van der Waals surface area (Å²) in [7, 11) is 0. The van der Waals surface area contributed by atoms with E-state index < -0.39 is 0 Å². The third kappa shape index (κ3) is 2.57. The first-order chi connectivity index (χ1) is 9.04. The lowest BCUT2D eigenvalue weighted by molar-refractivity contribution is 0.628. The van der Waals surface area contributed by atoms with E-state index in [1.165, 1.54) is 12.4 Å². The molecule has 0 saturated heterocycles. The molecule has 0 fully saturated rings. The van der Waals surface area contributed by atoms with Gasteiger partial charge >= 0.3 is 0 Å². The van der Waals surface area contributed by atoms with Crippen LogP contribution in [0.4, 0.5) is 4.39 Å². The van der Waals surface area contributed by atoms with Gasteiger partial charge in [0, 0.05) is 11.1 Å². The highest BCUT2D eigenvalue weighted by Gasteiger charge is 2.16. The van der Waals surface area contributed by atoms with Gasteiger partial charge in [0.05, 0.1) is 12.0 Å². The fourth-order valence-corrected chi connectivity index (χ4v) is 2.34. The Morgan fingerprint density at radius 1 is 1.32 bits per heavy atom. The molecule has 0 aliphatic rings. The summed E-state index contributed by atoms with van der Waals surface area (Å²) in [6, 6.07) is 3.37. The van der Waals surface area contributed by atoms with E-state index in [1.54, 1.807) is 0 Å². The largest absolute Gasteiger partial charge is 0.313 e. The molecule has 0 unspecified atom stereocenters. The summed E-state index contributed by atoms with van der Waals surface area (Å²) in [4.78, 5) is 18.6. The third-order valence-electron chi connectivity index (χ3n) is 3.12. The predicted molar refractivity (Wildman–Crippen MR) is 73.7 cm³/mol. The van der Waals surface area contributed by atoms with E-state index in [0.29, 0.717) is 23.2 Å². The van der Waals surface area contributed by atoms with Crippen LogP contribution in [0.3, 0.4) is 0 Å². The molecule has 1 N–H and O–H groups in total. The Bertz CT molecular complexity index is 638. The molecule has 0 amide bonds. The average Bonchev–Trinajstić information content (AvgIpc) is 2.32. The van der Waals surface area contributed by atoms with Crippen LogP contribution >= 0.6 is 0 Å². The molecule has 0 bridgehead atoms. The maximum absolute atomic E-state index is 14.2. The Labute approximate surface area is 111 Å². The molecule has 0 radical (unpaired) electrons. The topological polar surface area (TPSA) is 45.8 Å². The molecule has 0 saturated carbocycles. The van der Waals surface area contributed by atoms with Crippen molar-refractivity contribution in [2.75, 3.05) is 0 Å². The fourth-order valence-electron chi connectivity index (χ4n) is 2.34. The van der Waals surface area contributed by atoms with Crippen LogP contribution in [0.2, 0.25) is 0 Å². The van der Waals surface area contributed by atoms with Crippen molar-refractivity contribution in [2.45, 2.75) is 33.6 Å². The molecule has 1 heterocycles. The van der Waals surface area contributed by atoms with Crippen LogP contribution in [-0.2, 0) is 6.42 Å². The van der Waals surface area contributed by atoms with Gasteiger partial charge in [0.1, 0.15) is 5.82 Å².